The summed E-state index contributed by atoms with van der Waals surface area (Å²) in [6.45, 7) is 2.82. The highest BCUT2D eigenvalue weighted by atomic mass is 35.5. The van der Waals surface area contributed by atoms with Crippen LogP contribution in [0.4, 0.5) is 0 Å². The molecule has 1 aromatic rings. The Hall–Kier alpha value is -1.04. The van der Waals surface area contributed by atoms with E-state index in [0.717, 1.165) is 17.1 Å². The van der Waals surface area contributed by atoms with Crippen LogP contribution < -0.4 is 0 Å². The van der Waals surface area contributed by atoms with Gasteiger partial charge in [-0.3, -0.25) is 4.90 Å². The van der Waals surface area contributed by atoms with E-state index in [9.17, 15) is 0 Å². The Morgan fingerprint density at radius 2 is 2.13 bits per heavy atom. The number of hydrogen-bond donors (Lipinski definition) is 0. The Kier molecular flexibility index (Phi) is 4.61. The fraction of sp³-hybridized carbons (Fsp3) is 0.417. The SMILES string of the molecule is CC(CC#N)N(C)Cc1ccccc1Cl. The lowest BCUT2D eigenvalue weighted by Gasteiger charge is -2.22. The molecule has 80 valence electrons. The predicted molar refractivity (Wildman–Crippen MR) is 62.6 cm³/mol. The molecule has 0 saturated carbocycles. The van der Waals surface area contributed by atoms with Gasteiger partial charge in [0.05, 0.1) is 12.5 Å². The average molecular weight is 223 g/mol. The summed E-state index contributed by atoms with van der Waals surface area (Å²) >= 11 is 6.06. The number of benzene rings is 1. The van der Waals surface area contributed by atoms with Crippen LogP contribution in [0.15, 0.2) is 24.3 Å². The summed E-state index contributed by atoms with van der Waals surface area (Å²) in [4.78, 5) is 2.13. The maximum atomic E-state index is 8.60. The van der Waals surface area contributed by atoms with E-state index in [1.165, 1.54) is 0 Å². The smallest absolute Gasteiger partial charge is 0.0638 e. The van der Waals surface area contributed by atoms with E-state index in [2.05, 4.69) is 11.0 Å². The van der Waals surface area contributed by atoms with Crippen molar-refractivity contribution in [3.8, 4) is 6.07 Å². The molecule has 0 aliphatic heterocycles. The molecular weight excluding hydrogens is 208 g/mol. The summed E-state index contributed by atoms with van der Waals surface area (Å²) in [6.07, 6.45) is 0.543. The molecule has 0 radical (unpaired) electrons. The molecule has 15 heavy (non-hydrogen) atoms. The minimum atomic E-state index is 0.256. The summed E-state index contributed by atoms with van der Waals surface area (Å²) in [5.41, 5.74) is 1.10. The molecule has 0 aliphatic carbocycles. The van der Waals surface area contributed by atoms with Crippen molar-refractivity contribution in [2.75, 3.05) is 7.05 Å². The van der Waals surface area contributed by atoms with Gasteiger partial charge in [0.2, 0.25) is 0 Å². The van der Waals surface area contributed by atoms with E-state index in [4.69, 9.17) is 16.9 Å². The molecule has 1 aromatic carbocycles. The van der Waals surface area contributed by atoms with E-state index in [-0.39, 0.29) is 6.04 Å². The van der Waals surface area contributed by atoms with E-state index in [1.54, 1.807) is 0 Å². The number of rotatable bonds is 4. The summed E-state index contributed by atoms with van der Waals surface area (Å²) in [6, 6.07) is 10.2. The lowest BCUT2D eigenvalue weighted by molar-refractivity contribution is 0.252. The van der Waals surface area contributed by atoms with Gasteiger partial charge in [0.15, 0.2) is 0 Å². The molecular formula is C12H15ClN2. The van der Waals surface area contributed by atoms with Crippen LogP contribution in [-0.2, 0) is 6.54 Å². The van der Waals surface area contributed by atoms with Gasteiger partial charge < -0.3 is 0 Å². The van der Waals surface area contributed by atoms with Crippen LogP contribution in [0.1, 0.15) is 18.9 Å². The van der Waals surface area contributed by atoms with Gasteiger partial charge in [-0.25, -0.2) is 0 Å². The van der Waals surface area contributed by atoms with Crippen molar-refractivity contribution in [1.82, 2.24) is 4.90 Å². The minimum Gasteiger partial charge on any atom is -0.298 e. The molecule has 1 unspecified atom stereocenters. The molecule has 3 heteroatoms. The average Bonchev–Trinajstić information content (AvgIpc) is 2.21. The van der Waals surface area contributed by atoms with Crippen molar-refractivity contribution >= 4 is 11.6 Å². The highest BCUT2D eigenvalue weighted by Gasteiger charge is 2.10. The van der Waals surface area contributed by atoms with Gasteiger partial charge in [-0.2, -0.15) is 5.26 Å². The van der Waals surface area contributed by atoms with Crippen molar-refractivity contribution < 1.29 is 0 Å². The van der Waals surface area contributed by atoms with Crippen molar-refractivity contribution in [2.45, 2.75) is 25.9 Å². The first-order valence-corrected chi connectivity index (χ1v) is 5.33. The summed E-state index contributed by atoms with van der Waals surface area (Å²) in [5.74, 6) is 0. The zero-order valence-electron chi connectivity index (χ0n) is 9.07. The normalized spacial score (nSPS) is 12.5. The van der Waals surface area contributed by atoms with Crippen LogP contribution >= 0.6 is 11.6 Å². The predicted octanol–water partition coefficient (Wildman–Crippen LogP) is 3.07. The molecule has 0 N–H and O–H groups in total. The third kappa shape index (κ3) is 3.54. The second kappa shape index (κ2) is 5.75. The lowest BCUT2D eigenvalue weighted by atomic mass is 10.1. The van der Waals surface area contributed by atoms with Crippen molar-refractivity contribution in [3.05, 3.63) is 34.9 Å². The van der Waals surface area contributed by atoms with Crippen LogP contribution in [0.25, 0.3) is 0 Å². The largest absolute Gasteiger partial charge is 0.298 e. The van der Waals surface area contributed by atoms with Gasteiger partial charge in [0.1, 0.15) is 0 Å². The van der Waals surface area contributed by atoms with Crippen LogP contribution in [0, 0.1) is 11.3 Å². The zero-order chi connectivity index (χ0) is 11.3. The minimum absolute atomic E-state index is 0.256. The molecule has 0 spiro atoms. The molecule has 1 atom stereocenters. The maximum absolute atomic E-state index is 8.60. The molecule has 0 amide bonds. The second-order valence-corrected chi connectivity index (χ2v) is 4.12. The number of halogens is 1. The molecule has 0 heterocycles. The summed E-state index contributed by atoms with van der Waals surface area (Å²) < 4.78 is 0. The van der Waals surface area contributed by atoms with E-state index < -0.39 is 0 Å². The summed E-state index contributed by atoms with van der Waals surface area (Å²) in [7, 11) is 2.01. The van der Waals surface area contributed by atoms with Gasteiger partial charge in [-0.05, 0) is 25.6 Å². The molecule has 0 aromatic heterocycles. The van der Waals surface area contributed by atoms with Crippen LogP contribution in [0.5, 0.6) is 0 Å². The van der Waals surface area contributed by atoms with Gasteiger partial charge >= 0.3 is 0 Å². The number of nitrogens with zero attached hydrogens (tertiary/aromatic N) is 2. The zero-order valence-corrected chi connectivity index (χ0v) is 9.83. The first-order chi connectivity index (χ1) is 7.15. The molecule has 0 aliphatic rings. The van der Waals surface area contributed by atoms with E-state index in [1.807, 2.05) is 38.2 Å². The van der Waals surface area contributed by atoms with Crippen LogP contribution in [0.2, 0.25) is 5.02 Å². The number of hydrogen-bond acceptors (Lipinski definition) is 2. The Morgan fingerprint density at radius 1 is 1.47 bits per heavy atom. The van der Waals surface area contributed by atoms with Crippen molar-refractivity contribution in [2.24, 2.45) is 0 Å². The summed E-state index contributed by atoms with van der Waals surface area (Å²) in [5, 5.41) is 9.39. The fourth-order valence-electron chi connectivity index (χ4n) is 1.34. The first-order valence-electron chi connectivity index (χ1n) is 4.95. The molecule has 2 nitrogen and oxygen atoms in total. The Bertz CT molecular complexity index is 357. The van der Waals surface area contributed by atoms with Gasteiger partial charge in [-0.15, -0.1) is 0 Å². The first kappa shape index (κ1) is 12.0. The molecule has 1 rings (SSSR count). The molecule has 0 fully saturated rings. The van der Waals surface area contributed by atoms with Gasteiger partial charge in [0, 0.05) is 17.6 Å². The third-order valence-electron chi connectivity index (χ3n) is 2.52. The Labute approximate surface area is 96.1 Å². The van der Waals surface area contributed by atoms with Crippen LogP contribution in [0.3, 0.4) is 0 Å². The fourth-order valence-corrected chi connectivity index (χ4v) is 1.53. The molecule has 0 bridgehead atoms. The highest BCUT2D eigenvalue weighted by molar-refractivity contribution is 6.31. The monoisotopic (exact) mass is 222 g/mol. The van der Waals surface area contributed by atoms with Crippen LogP contribution in [-0.4, -0.2) is 18.0 Å². The standard InChI is InChI=1S/C12H15ClN2/c1-10(7-8-14)15(2)9-11-5-3-4-6-12(11)13/h3-6,10H,7,9H2,1-2H3. The maximum Gasteiger partial charge on any atom is 0.0638 e. The van der Waals surface area contributed by atoms with Crippen molar-refractivity contribution in [3.63, 3.8) is 0 Å². The highest BCUT2D eigenvalue weighted by Crippen LogP contribution is 2.17. The number of nitriles is 1. The Balaban J connectivity index is 2.63. The second-order valence-electron chi connectivity index (χ2n) is 3.72. The lowest BCUT2D eigenvalue weighted by Crippen LogP contribution is -2.28. The third-order valence-corrected chi connectivity index (χ3v) is 2.89. The molecule has 0 saturated heterocycles. The van der Waals surface area contributed by atoms with E-state index >= 15 is 0 Å². The quantitative estimate of drug-likeness (QED) is 0.783. The van der Waals surface area contributed by atoms with Crippen molar-refractivity contribution in [1.29, 1.82) is 5.26 Å². The van der Waals surface area contributed by atoms with Gasteiger partial charge in [-0.1, -0.05) is 29.8 Å². The van der Waals surface area contributed by atoms with E-state index in [0.29, 0.717) is 6.42 Å². The Morgan fingerprint density at radius 3 is 2.73 bits per heavy atom. The van der Waals surface area contributed by atoms with Gasteiger partial charge in [0.25, 0.3) is 0 Å². The topological polar surface area (TPSA) is 27.0 Å².